The first-order chi connectivity index (χ1) is 6.31. The molecule has 13 heavy (non-hydrogen) atoms. The van der Waals surface area contributed by atoms with Crippen molar-refractivity contribution in [2.75, 3.05) is 0 Å². The standard InChI is InChI=1S/C5H2ClN7/c6-5-10-2(4(11-5)12-7)3-8-1-9-13-3/h1H,(H,8,9,13). The molecule has 8 heteroatoms. The van der Waals surface area contributed by atoms with Crippen molar-refractivity contribution in [3.63, 3.8) is 0 Å². The Hall–Kier alpha value is -1.85. The molecule has 0 amide bonds. The molecule has 1 N–H and O–H groups in total. The maximum absolute atomic E-state index is 8.53. The number of rotatable bonds is 1. The number of halogens is 1. The van der Waals surface area contributed by atoms with E-state index in [0.717, 1.165) is 0 Å². The van der Waals surface area contributed by atoms with Gasteiger partial charge in [-0.25, -0.2) is 4.98 Å². The maximum atomic E-state index is 8.53. The topological polar surface area (TPSA) is 103 Å². The van der Waals surface area contributed by atoms with E-state index < -0.39 is 0 Å². The highest BCUT2D eigenvalue weighted by atomic mass is 35.5. The van der Waals surface area contributed by atoms with E-state index in [-0.39, 0.29) is 16.8 Å². The predicted molar refractivity (Wildman–Crippen MR) is 44.8 cm³/mol. The summed E-state index contributed by atoms with van der Waals surface area (Å²) in [7, 11) is 0. The van der Waals surface area contributed by atoms with Gasteiger partial charge in [-0.05, 0) is 11.6 Å². The zero-order chi connectivity index (χ0) is 9.26. The summed E-state index contributed by atoms with van der Waals surface area (Å²) in [5, 5.41) is 6.16. The number of hydrogen-bond donors (Lipinski definition) is 1. The highest BCUT2D eigenvalue weighted by molar-refractivity contribution is 6.71. The Morgan fingerprint density at radius 1 is 1.46 bits per heavy atom. The van der Waals surface area contributed by atoms with Gasteiger partial charge < -0.3 is 10.3 Å². The molecular formula is C5H2ClN7. The third-order valence-corrected chi connectivity index (χ3v) is 1.52. The smallest absolute Gasteiger partial charge is 0.434 e. The average molecular weight is 196 g/mol. The lowest BCUT2D eigenvalue weighted by Crippen LogP contribution is -2.12. The minimum absolute atomic E-state index is 0.000741. The highest BCUT2D eigenvalue weighted by Gasteiger charge is 2.30. The SMILES string of the molecule is [N-]=[N+]=C1N=C(Cl)N=C1c1ncn[nH]1. The first kappa shape index (κ1) is 7.78. The lowest BCUT2D eigenvalue weighted by atomic mass is 10.3. The van der Waals surface area contributed by atoms with Crippen molar-refractivity contribution < 1.29 is 4.79 Å². The summed E-state index contributed by atoms with van der Waals surface area (Å²) in [6.45, 7) is 0. The molecule has 2 rings (SSSR count). The molecule has 0 radical (unpaired) electrons. The summed E-state index contributed by atoms with van der Waals surface area (Å²) < 4.78 is 0. The minimum Gasteiger partial charge on any atom is -0.497 e. The normalized spacial score (nSPS) is 15.3. The molecule has 7 nitrogen and oxygen atoms in total. The van der Waals surface area contributed by atoms with Crippen LogP contribution in [0.15, 0.2) is 16.3 Å². The number of nitrogens with zero attached hydrogens (tertiary/aromatic N) is 6. The fraction of sp³-hybridized carbons (Fsp3) is 0. The molecule has 64 valence electrons. The molecule has 0 saturated carbocycles. The molecule has 1 aliphatic rings. The Balaban J connectivity index is 2.49. The van der Waals surface area contributed by atoms with Gasteiger partial charge in [-0.2, -0.15) is 10.1 Å². The van der Waals surface area contributed by atoms with Crippen molar-refractivity contribution in [3.8, 4) is 0 Å². The van der Waals surface area contributed by atoms with E-state index in [2.05, 4.69) is 30.0 Å². The summed E-state index contributed by atoms with van der Waals surface area (Å²) in [6.07, 6.45) is 1.30. The first-order valence-corrected chi connectivity index (χ1v) is 3.60. The molecule has 0 bridgehead atoms. The molecular weight excluding hydrogens is 194 g/mol. The van der Waals surface area contributed by atoms with Crippen LogP contribution in [-0.4, -0.2) is 36.8 Å². The third-order valence-electron chi connectivity index (χ3n) is 1.35. The quantitative estimate of drug-likeness (QED) is 0.382. The summed E-state index contributed by atoms with van der Waals surface area (Å²) in [5.41, 5.74) is 8.80. The Morgan fingerprint density at radius 3 is 2.92 bits per heavy atom. The number of hydrogen-bond acceptors (Lipinski definition) is 3. The van der Waals surface area contributed by atoms with Crippen LogP contribution >= 0.6 is 11.6 Å². The Labute approximate surface area is 76.8 Å². The monoisotopic (exact) mass is 195 g/mol. The zero-order valence-electron chi connectivity index (χ0n) is 6.14. The number of nitrogens with one attached hydrogen (secondary N) is 1. The Morgan fingerprint density at radius 2 is 2.31 bits per heavy atom. The van der Waals surface area contributed by atoms with Crippen molar-refractivity contribution in [1.29, 1.82) is 0 Å². The molecule has 0 aromatic carbocycles. The summed E-state index contributed by atoms with van der Waals surface area (Å²) in [6, 6.07) is 0. The fourth-order valence-electron chi connectivity index (χ4n) is 0.856. The largest absolute Gasteiger partial charge is 0.497 e. The van der Waals surface area contributed by atoms with Crippen LogP contribution in [0.5, 0.6) is 0 Å². The first-order valence-electron chi connectivity index (χ1n) is 3.22. The molecule has 0 spiro atoms. The second kappa shape index (κ2) is 2.89. The molecule has 1 aromatic rings. The van der Waals surface area contributed by atoms with Gasteiger partial charge in [0.05, 0.1) is 0 Å². The van der Waals surface area contributed by atoms with Gasteiger partial charge in [-0.1, -0.05) is 0 Å². The van der Waals surface area contributed by atoms with Crippen molar-refractivity contribution in [3.05, 3.63) is 17.7 Å². The fourth-order valence-corrected chi connectivity index (χ4v) is 1.02. The maximum Gasteiger partial charge on any atom is 0.434 e. The van der Waals surface area contributed by atoms with E-state index in [1.165, 1.54) is 6.33 Å². The van der Waals surface area contributed by atoms with Gasteiger partial charge >= 0.3 is 11.1 Å². The number of amidine groups is 2. The van der Waals surface area contributed by atoms with Gasteiger partial charge in [0.2, 0.25) is 5.71 Å². The van der Waals surface area contributed by atoms with Gasteiger partial charge in [0.1, 0.15) is 6.33 Å². The van der Waals surface area contributed by atoms with Crippen LogP contribution in [0.25, 0.3) is 5.53 Å². The Bertz CT molecular complexity index is 435. The number of aliphatic imine (C=N–C) groups is 2. The van der Waals surface area contributed by atoms with Crippen LogP contribution in [0.3, 0.4) is 0 Å². The van der Waals surface area contributed by atoms with Crippen LogP contribution in [0.2, 0.25) is 0 Å². The van der Waals surface area contributed by atoms with Gasteiger partial charge in [-0.15, -0.1) is 0 Å². The average Bonchev–Trinajstić information content (AvgIpc) is 2.71. The lowest BCUT2D eigenvalue weighted by molar-refractivity contribution is -0.00275. The van der Waals surface area contributed by atoms with E-state index in [0.29, 0.717) is 5.82 Å². The molecule has 0 unspecified atom stereocenters. The van der Waals surface area contributed by atoms with Crippen molar-refractivity contribution in [2.24, 2.45) is 9.98 Å². The van der Waals surface area contributed by atoms with Gasteiger partial charge in [0.15, 0.2) is 5.82 Å². The van der Waals surface area contributed by atoms with E-state index in [1.54, 1.807) is 0 Å². The van der Waals surface area contributed by atoms with E-state index in [4.69, 9.17) is 17.1 Å². The van der Waals surface area contributed by atoms with Gasteiger partial charge in [0, 0.05) is 4.99 Å². The van der Waals surface area contributed by atoms with E-state index in [1.807, 2.05) is 0 Å². The lowest BCUT2D eigenvalue weighted by Gasteiger charge is -1.84. The molecule has 0 atom stereocenters. The molecule has 0 aliphatic carbocycles. The van der Waals surface area contributed by atoms with E-state index in [9.17, 15) is 0 Å². The van der Waals surface area contributed by atoms with Crippen molar-refractivity contribution in [2.45, 2.75) is 0 Å². The zero-order valence-corrected chi connectivity index (χ0v) is 6.89. The highest BCUT2D eigenvalue weighted by Crippen LogP contribution is 2.05. The van der Waals surface area contributed by atoms with Crippen LogP contribution in [0.1, 0.15) is 5.82 Å². The molecule has 0 fully saturated rings. The summed E-state index contributed by atoms with van der Waals surface area (Å²) >= 11 is 5.51. The van der Waals surface area contributed by atoms with Crippen LogP contribution in [-0.2, 0) is 0 Å². The van der Waals surface area contributed by atoms with Crippen LogP contribution < -0.4 is 0 Å². The van der Waals surface area contributed by atoms with Crippen LogP contribution in [0, 0.1) is 0 Å². The number of aromatic nitrogens is 3. The molecule has 0 saturated heterocycles. The summed E-state index contributed by atoms with van der Waals surface area (Å²) in [5.74, 6) is 0.369. The molecule has 2 heterocycles. The van der Waals surface area contributed by atoms with E-state index >= 15 is 0 Å². The van der Waals surface area contributed by atoms with Crippen molar-refractivity contribution >= 4 is 28.4 Å². The molecule has 1 aromatic heterocycles. The second-order valence-electron chi connectivity index (χ2n) is 2.10. The van der Waals surface area contributed by atoms with Gasteiger partial charge in [-0.3, -0.25) is 5.10 Å². The number of aromatic amines is 1. The third kappa shape index (κ3) is 1.26. The van der Waals surface area contributed by atoms with Crippen LogP contribution in [0.4, 0.5) is 0 Å². The van der Waals surface area contributed by atoms with Crippen molar-refractivity contribution in [1.82, 2.24) is 15.2 Å². The number of H-pyrrole nitrogens is 1. The summed E-state index contributed by atoms with van der Waals surface area (Å²) in [4.78, 5) is 14.1. The Kier molecular flexibility index (Phi) is 1.73. The molecule has 1 aliphatic heterocycles. The predicted octanol–water partition coefficient (Wildman–Crippen LogP) is -0.170. The van der Waals surface area contributed by atoms with Gasteiger partial charge in [0.25, 0.3) is 0 Å². The minimum atomic E-state index is -0.000741. The second-order valence-corrected chi connectivity index (χ2v) is 2.44.